The van der Waals surface area contributed by atoms with Crippen LogP contribution in [0.15, 0.2) is 24.5 Å². The third-order valence-corrected chi connectivity index (χ3v) is 7.93. The second kappa shape index (κ2) is 19.3. The van der Waals surface area contributed by atoms with Crippen molar-refractivity contribution in [2.45, 2.75) is 127 Å². The average Bonchev–Trinajstić information content (AvgIpc) is 3.34. The maximum Gasteiger partial charge on any atom is 0.238 e. The molecule has 0 aromatic carbocycles. The van der Waals surface area contributed by atoms with Crippen LogP contribution in [0.1, 0.15) is 127 Å². The summed E-state index contributed by atoms with van der Waals surface area (Å²) in [6.45, 7) is 3.09. The summed E-state index contributed by atoms with van der Waals surface area (Å²) >= 11 is 1.79. The highest BCUT2D eigenvalue weighted by molar-refractivity contribution is 7.99. The Labute approximate surface area is 207 Å². The molecule has 1 saturated heterocycles. The first-order valence-electron chi connectivity index (χ1n) is 13.9. The third kappa shape index (κ3) is 13.4. The fourth-order valence-corrected chi connectivity index (χ4v) is 5.76. The number of unbranched alkanes of at least 4 members (excludes halogenated alkanes) is 16. The second-order valence-electron chi connectivity index (χ2n) is 9.67. The van der Waals surface area contributed by atoms with E-state index < -0.39 is 0 Å². The van der Waals surface area contributed by atoms with Crippen LogP contribution in [0.3, 0.4) is 0 Å². The van der Waals surface area contributed by atoms with E-state index in [-0.39, 0.29) is 17.3 Å². The summed E-state index contributed by atoms with van der Waals surface area (Å²) in [5, 5.41) is 6.72. The lowest BCUT2D eigenvalue weighted by atomic mass is 10.0. The highest BCUT2D eigenvalue weighted by Crippen LogP contribution is 2.32. The standard InChI is InChI=1S/C28H49N3OS/c1-2-3-4-5-6-7-8-9-10-11-12-13-14-15-16-17-18-22-30-27(32)26-24-33-28(31-26)25-20-19-21-29-23-25/h19-21,23,26,28,31H,2-18,22,24H2,1H3,(H,30,32). The van der Waals surface area contributed by atoms with Crippen molar-refractivity contribution in [2.24, 2.45) is 0 Å². The van der Waals surface area contributed by atoms with Gasteiger partial charge in [-0.1, -0.05) is 116 Å². The third-order valence-electron chi connectivity index (χ3n) is 6.67. The monoisotopic (exact) mass is 475 g/mol. The van der Waals surface area contributed by atoms with Crippen molar-refractivity contribution < 1.29 is 4.79 Å². The van der Waals surface area contributed by atoms with E-state index in [2.05, 4.69) is 28.6 Å². The van der Waals surface area contributed by atoms with Gasteiger partial charge in [0.05, 0.1) is 11.4 Å². The van der Waals surface area contributed by atoms with Crippen molar-refractivity contribution >= 4 is 17.7 Å². The van der Waals surface area contributed by atoms with Crippen molar-refractivity contribution in [3.8, 4) is 0 Å². The van der Waals surface area contributed by atoms with E-state index in [1.807, 2.05) is 12.3 Å². The molecule has 0 spiro atoms. The van der Waals surface area contributed by atoms with E-state index in [0.29, 0.717) is 0 Å². The molecule has 1 fully saturated rings. The SMILES string of the molecule is CCCCCCCCCCCCCCCCCCCNC(=O)C1CSC(c2cccnc2)N1. The van der Waals surface area contributed by atoms with E-state index in [1.165, 1.54) is 103 Å². The normalized spacial score (nSPS) is 18.0. The minimum atomic E-state index is -0.0917. The largest absolute Gasteiger partial charge is 0.355 e. The molecule has 1 amide bonds. The Morgan fingerprint density at radius 2 is 1.45 bits per heavy atom. The number of hydrogen-bond donors (Lipinski definition) is 2. The van der Waals surface area contributed by atoms with Crippen molar-refractivity contribution in [1.82, 2.24) is 15.6 Å². The van der Waals surface area contributed by atoms with Crippen LogP contribution in [0, 0.1) is 0 Å². The number of pyridine rings is 1. The Kier molecular flexibility index (Phi) is 16.4. The van der Waals surface area contributed by atoms with Crippen LogP contribution in [-0.2, 0) is 4.79 Å². The summed E-state index contributed by atoms with van der Waals surface area (Å²) in [5.41, 5.74) is 1.14. The van der Waals surface area contributed by atoms with Crippen LogP contribution in [0.25, 0.3) is 0 Å². The second-order valence-corrected chi connectivity index (χ2v) is 10.8. The number of nitrogens with zero attached hydrogens (tertiary/aromatic N) is 1. The number of carbonyl (C=O) groups is 1. The number of thioether (sulfide) groups is 1. The van der Waals surface area contributed by atoms with Gasteiger partial charge >= 0.3 is 0 Å². The van der Waals surface area contributed by atoms with Gasteiger partial charge in [-0.05, 0) is 18.1 Å². The Morgan fingerprint density at radius 1 is 0.909 bits per heavy atom. The zero-order chi connectivity index (χ0) is 23.4. The first kappa shape index (κ1) is 28.2. The lowest BCUT2D eigenvalue weighted by molar-refractivity contribution is -0.122. The Morgan fingerprint density at radius 3 is 1.97 bits per heavy atom. The predicted octanol–water partition coefficient (Wildman–Crippen LogP) is 7.55. The summed E-state index contributed by atoms with van der Waals surface area (Å²) in [4.78, 5) is 16.6. The van der Waals surface area contributed by atoms with Crippen LogP contribution in [0.2, 0.25) is 0 Å². The maximum atomic E-state index is 12.4. The van der Waals surface area contributed by atoms with Gasteiger partial charge in [-0.2, -0.15) is 0 Å². The van der Waals surface area contributed by atoms with Gasteiger partial charge in [0.15, 0.2) is 0 Å². The number of amides is 1. The van der Waals surface area contributed by atoms with Crippen molar-refractivity contribution in [2.75, 3.05) is 12.3 Å². The molecular weight excluding hydrogens is 426 g/mol. The molecule has 1 aromatic heterocycles. The van der Waals surface area contributed by atoms with Gasteiger partial charge in [-0.15, -0.1) is 11.8 Å². The molecule has 0 bridgehead atoms. The van der Waals surface area contributed by atoms with Gasteiger partial charge in [0.25, 0.3) is 0 Å². The van der Waals surface area contributed by atoms with E-state index in [9.17, 15) is 4.79 Å². The van der Waals surface area contributed by atoms with E-state index >= 15 is 0 Å². The van der Waals surface area contributed by atoms with Gasteiger partial charge in [0, 0.05) is 24.7 Å². The van der Waals surface area contributed by atoms with E-state index in [1.54, 1.807) is 18.0 Å². The van der Waals surface area contributed by atoms with Crippen molar-refractivity contribution in [1.29, 1.82) is 0 Å². The fourth-order valence-electron chi connectivity index (χ4n) is 4.53. The fraction of sp³-hybridized carbons (Fsp3) is 0.786. The molecule has 4 nitrogen and oxygen atoms in total. The minimum Gasteiger partial charge on any atom is -0.355 e. The topological polar surface area (TPSA) is 54.0 Å². The first-order valence-corrected chi connectivity index (χ1v) is 14.9. The molecule has 2 rings (SSSR count). The Balaban J connectivity index is 1.31. The zero-order valence-electron chi connectivity index (χ0n) is 21.2. The summed E-state index contributed by atoms with van der Waals surface area (Å²) in [5.74, 6) is 0.968. The number of rotatable bonds is 20. The van der Waals surface area contributed by atoms with Crippen LogP contribution in [-0.4, -0.2) is 29.2 Å². The molecule has 2 atom stereocenters. The quantitative estimate of drug-likeness (QED) is 0.191. The highest BCUT2D eigenvalue weighted by Gasteiger charge is 2.30. The zero-order valence-corrected chi connectivity index (χ0v) is 22.0. The lowest BCUT2D eigenvalue weighted by Gasteiger charge is -2.13. The van der Waals surface area contributed by atoms with Crippen LogP contribution in [0.4, 0.5) is 0 Å². The molecule has 1 aliphatic heterocycles. The van der Waals surface area contributed by atoms with Gasteiger partial charge in [-0.25, -0.2) is 0 Å². The number of hydrogen-bond acceptors (Lipinski definition) is 4. The maximum absolute atomic E-state index is 12.4. The van der Waals surface area contributed by atoms with Crippen molar-refractivity contribution in [3.05, 3.63) is 30.1 Å². The lowest BCUT2D eigenvalue weighted by Crippen LogP contribution is -2.42. The summed E-state index contributed by atoms with van der Waals surface area (Å²) in [7, 11) is 0. The average molecular weight is 476 g/mol. The van der Waals surface area contributed by atoms with Crippen LogP contribution >= 0.6 is 11.8 Å². The molecule has 188 valence electrons. The molecule has 2 N–H and O–H groups in total. The van der Waals surface area contributed by atoms with E-state index in [4.69, 9.17) is 0 Å². The van der Waals surface area contributed by atoms with Crippen LogP contribution in [0.5, 0.6) is 0 Å². The highest BCUT2D eigenvalue weighted by atomic mass is 32.2. The Hall–Kier alpha value is -1.07. The summed E-state index contributed by atoms with van der Waals surface area (Å²) in [6.07, 6.45) is 27.1. The molecule has 2 unspecified atom stereocenters. The predicted molar refractivity (Wildman–Crippen MR) is 144 cm³/mol. The molecule has 0 saturated carbocycles. The number of nitrogens with one attached hydrogen (secondary N) is 2. The molecule has 0 radical (unpaired) electrons. The minimum absolute atomic E-state index is 0.0917. The van der Waals surface area contributed by atoms with Crippen LogP contribution < -0.4 is 10.6 Å². The van der Waals surface area contributed by atoms with Gasteiger partial charge in [0.1, 0.15) is 0 Å². The molecule has 33 heavy (non-hydrogen) atoms. The van der Waals surface area contributed by atoms with Gasteiger partial charge in [0.2, 0.25) is 5.91 Å². The molecule has 1 aliphatic rings. The molecular formula is C28H49N3OS. The molecule has 5 heteroatoms. The number of carbonyl (C=O) groups excluding carboxylic acids is 1. The molecule has 1 aromatic rings. The van der Waals surface area contributed by atoms with Gasteiger partial charge in [-0.3, -0.25) is 15.1 Å². The summed E-state index contributed by atoms with van der Waals surface area (Å²) < 4.78 is 0. The van der Waals surface area contributed by atoms with Crippen molar-refractivity contribution in [3.63, 3.8) is 0 Å². The number of aromatic nitrogens is 1. The molecule has 2 heterocycles. The first-order chi connectivity index (χ1) is 16.3. The van der Waals surface area contributed by atoms with E-state index in [0.717, 1.165) is 24.3 Å². The smallest absolute Gasteiger partial charge is 0.238 e. The summed E-state index contributed by atoms with van der Waals surface area (Å²) in [6, 6.07) is 3.92. The molecule has 0 aliphatic carbocycles. The Bertz CT molecular complexity index is 598. The van der Waals surface area contributed by atoms with Gasteiger partial charge < -0.3 is 5.32 Å².